The lowest BCUT2D eigenvalue weighted by molar-refractivity contribution is -0.129. The Morgan fingerprint density at radius 2 is 2.08 bits per heavy atom. The van der Waals surface area contributed by atoms with Crippen molar-refractivity contribution < 1.29 is 9.18 Å². The lowest BCUT2D eigenvalue weighted by Gasteiger charge is -2.32. The Labute approximate surface area is 152 Å². The zero-order chi connectivity index (χ0) is 18.0. The van der Waals surface area contributed by atoms with Crippen molar-refractivity contribution in [1.29, 1.82) is 0 Å². The van der Waals surface area contributed by atoms with Gasteiger partial charge in [0.25, 0.3) is 0 Å². The number of nitrogen functional groups attached to an aromatic ring is 1. The van der Waals surface area contributed by atoms with Crippen molar-refractivity contribution in [1.82, 2.24) is 4.90 Å². The van der Waals surface area contributed by atoms with Gasteiger partial charge in [-0.15, -0.1) is 0 Å². The van der Waals surface area contributed by atoms with Gasteiger partial charge < -0.3 is 15.5 Å². The highest BCUT2D eigenvalue weighted by Gasteiger charge is 2.22. The van der Waals surface area contributed by atoms with Crippen LogP contribution >= 0.6 is 11.6 Å². The lowest BCUT2D eigenvalue weighted by Crippen LogP contribution is -2.40. The van der Waals surface area contributed by atoms with Crippen molar-refractivity contribution in [3.63, 3.8) is 0 Å². The van der Waals surface area contributed by atoms with Crippen LogP contribution in [0.4, 0.5) is 15.8 Å². The van der Waals surface area contributed by atoms with Crippen molar-refractivity contribution in [3.8, 4) is 0 Å². The van der Waals surface area contributed by atoms with E-state index >= 15 is 0 Å². The summed E-state index contributed by atoms with van der Waals surface area (Å²) >= 11 is 6.05. The number of anilines is 2. The first-order chi connectivity index (χ1) is 12.0. The lowest BCUT2D eigenvalue weighted by atomic mass is 10.00. The molecule has 1 amide bonds. The normalized spacial score (nSPS) is 13.5. The second-order valence-corrected chi connectivity index (χ2v) is 6.73. The summed E-state index contributed by atoms with van der Waals surface area (Å²) in [5.41, 5.74) is 9.26. The van der Waals surface area contributed by atoms with Gasteiger partial charge in [-0.25, -0.2) is 4.39 Å². The predicted molar refractivity (Wildman–Crippen MR) is 99.3 cm³/mol. The summed E-state index contributed by atoms with van der Waals surface area (Å²) in [6.45, 7) is 1.18. The number of carbonyl (C=O) groups excluding carboxylic acids is 1. The van der Waals surface area contributed by atoms with Crippen LogP contribution in [0.1, 0.15) is 17.5 Å². The highest BCUT2D eigenvalue weighted by molar-refractivity contribution is 6.31. The summed E-state index contributed by atoms with van der Waals surface area (Å²) in [6.07, 6.45) is 1.88. The molecule has 3 rings (SSSR count). The van der Waals surface area contributed by atoms with Crippen LogP contribution < -0.4 is 10.6 Å². The van der Waals surface area contributed by atoms with E-state index in [0.29, 0.717) is 10.6 Å². The fourth-order valence-electron chi connectivity index (χ4n) is 3.18. The number of fused-ring (bicyclic) bond motifs is 1. The molecular weight excluding hydrogens is 341 g/mol. The minimum Gasteiger partial charge on any atom is -0.398 e. The van der Waals surface area contributed by atoms with E-state index in [1.54, 1.807) is 19.2 Å². The first-order valence-electron chi connectivity index (χ1n) is 8.26. The monoisotopic (exact) mass is 361 g/mol. The van der Waals surface area contributed by atoms with Crippen LogP contribution in [0.25, 0.3) is 0 Å². The van der Waals surface area contributed by atoms with Crippen LogP contribution in [0.2, 0.25) is 5.02 Å². The Morgan fingerprint density at radius 3 is 2.84 bits per heavy atom. The van der Waals surface area contributed by atoms with Crippen LogP contribution in [-0.4, -0.2) is 30.9 Å². The quantitative estimate of drug-likeness (QED) is 0.848. The van der Waals surface area contributed by atoms with Gasteiger partial charge >= 0.3 is 0 Å². The summed E-state index contributed by atoms with van der Waals surface area (Å²) in [7, 11) is 1.66. The molecule has 1 heterocycles. The number of rotatable bonds is 4. The zero-order valence-electron chi connectivity index (χ0n) is 14.1. The molecule has 2 aromatic carbocycles. The maximum Gasteiger partial charge on any atom is 0.242 e. The number of nitrogens with two attached hydrogens (primary N) is 1. The van der Waals surface area contributed by atoms with Gasteiger partial charge in [0.15, 0.2) is 0 Å². The number of benzene rings is 2. The number of hydrogen-bond donors (Lipinski definition) is 1. The fraction of sp³-hybridized carbons (Fsp3) is 0.316. The molecule has 1 aliphatic rings. The van der Waals surface area contributed by atoms with E-state index in [1.165, 1.54) is 11.0 Å². The summed E-state index contributed by atoms with van der Waals surface area (Å²) < 4.78 is 13.9. The molecule has 2 N–H and O–H groups in total. The maximum absolute atomic E-state index is 13.9. The Kier molecular flexibility index (Phi) is 5.13. The minimum atomic E-state index is -0.400. The zero-order valence-corrected chi connectivity index (χ0v) is 14.9. The molecule has 132 valence electrons. The molecule has 2 aromatic rings. The molecule has 0 bridgehead atoms. The minimum absolute atomic E-state index is 0.0883. The Hall–Kier alpha value is -2.27. The smallest absolute Gasteiger partial charge is 0.242 e. The first kappa shape index (κ1) is 17.5. The number of nitrogens with zero attached hydrogens (tertiary/aromatic N) is 2. The largest absolute Gasteiger partial charge is 0.398 e. The van der Waals surface area contributed by atoms with Crippen LogP contribution in [0.5, 0.6) is 0 Å². The van der Waals surface area contributed by atoms with E-state index in [-0.39, 0.29) is 19.0 Å². The average Bonchev–Trinajstić information content (AvgIpc) is 2.59. The molecule has 0 unspecified atom stereocenters. The molecule has 0 spiro atoms. The standard InChI is InChI=1S/C19H21ClFN3O/c1-23(11-14-15(20)6-2-7-16(14)21)19(25)12-24-10-4-5-13-17(22)8-3-9-18(13)24/h2-3,6-9H,4-5,10-12,22H2,1H3. The Balaban J connectivity index is 1.72. The van der Waals surface area contributed by atoms with Gasteiger partial charge in [0.1, 0.15) is 5.82 Å². The van der Waals surface area contributed by atoms with E-state index in [4.69, 9.17) is 17.3 Å². The molecule has 4 nitrogen and oxygen atoms in total. The number of hydrogen-bond acceptors (Lipinski definition) is 3. The van der Waals surface area contributed by atoms with E-state index in [9.17, 15) is 9.18 Å². The van der Waals surface area contributed by atoms with Crippen molar-refractivity contribution in [2.75, 3.05) is 30.8 Å². The van der Waals surface area contributed by atoms with Gasteiger partial charge in [-0.1, -0.05) is 23.7 Å². The molecule has 0 saturated heterocycles. The molecule has 25 heavy (non-hydrogen) atoms. The van der Waals surface area contributed by atoms with Crippen molar-refractivity contribution >= 4 is 28.9 Å². The summed E-state index contributed by atoms with van der Waals surface area (Å²) in [6, 6.07) is 10.3. The number of carbonyl (C=O) groups is 1. The number of halogens is 2. The van der Waals surface area contributed by atoms with Crippen LogP contribution in [-0.2, 0) is 17.8 Å². The predicted octanol–water partition coefficient (Wildman–Crippen LogP) is 3.47. The van der Waals surface area contributed by atoms with Crippen molar-refractivity contribution in [2.45, 2.75) is 19.4 Å². The molecule has 0 aliphatic carbocycles. The highest BCUT2D eigenvalue weighted by Crippen LogP contribution is 2.31. The second-order valence-electron chi connectivity index (χ2n) is 6.32. The topological polar surface area (TPSA) is 49.6 Å². The van der Waals surface area contributed by atoms with Gasteiger partial charge in [0.05, 0.1) is 6.54 Å². The van der Waals surface area contributed by atoms with Gasteiger partial charge in [-0.3, -0.25) is 4.79 Å². The molecule has 1 aliphatic heterocycles. The van der Waals surface area contributed by atoms with Gasteiger partial charge in [-0.05, 0) is 42.7 Å². The van der Waals surface area contributed by atoms with Gasteiger partial charge in [0, 0.05) is 42.1 Å². The fourth-order valence-corrected chi connectivity index (χ4v) is 3.41. The van der Waals surface area contributed by atoms with Crippen LogP contribution in [0.3, 0.4) is 0 Å². The molecule has 0 saturated carbocycles. The molecule has 0 radical (unpaired) electrons. The molecule has 0 aromatic heterocycles. The van der Waals surface area contributed by atoms with Crippen LogP contribution in [0, 0.1) is 5.82 Å². The third-order valence-electron chi connectivity index (χ3n) is 4.59. The Morgan fingerprint density at radius 1 is 1.32 bits per heavy atom. The molecule has 0 atom stereocenters. The van der Waals surface area contributed by atoms with Gasteiger partial charge in [-0.2, -0.15) is 0 Å². The summed E-state index contributed by atoms with van der Waals surface area (Å²) in [4.78, 5) is 16.2. The third kappa shape index (κ3) is 3.71. The van der Waals surface area contributed by atoms with Crippen molar-refractivity contribution in [3.05, 3.63) is 58.4 Å². The molecule has 0 fully saturated rings. The maximum atomic E-state index is 13.9. The van der Waals surface area contributed by atoms with E-state index in [0.717, 1.165) is 36.3 Å². The van der Waals surface area contributed by atoms with Gasteiger partial charge in [0.2, 0.25) is 5.91 Å². The van der Waals surface area contributed by atoms with Crippen molar-refractivity contribution in [2.24, 2.45) is 0 Å². The van der Waals surface area contributed by atoms with E-state index < -0.39 is 5.82 Å². The highest BCUT2D eigenvalue weighted by atomic mass is 35.5. The molecular formula is C19H21ClFN3O. The molecule has 6 heteroatoms. The summed E-state index contributed by atoms with van der Waals surface area (Å²) in [5.74, 6) is -0.488. The Bertz CT molecular complexity index is 776. The third-order valence-corrected chi connectivity index (χ3v) is 4.95. The SMILES string of the molecule is CN(Cc1c(F)cccc1Cl)C(=O)CN1CCCc2c(N)cccc21. The average molecular weight is 362 g/mol. The van der Waals surface area contributed by atoms with E-state index in [1.807, 2.05) is 23.1 Å². The number of amides is 1. The van der Waals surface area contributed by atoms with E-state index in [2.05, 4.69) is 0 Å². The first-order valence-corrected chi connectivity index (χ1v) is 8.64. The summed E-state index contributed by atoms with van der Waals surface area (Å²) in [5, 5.41) is 0.329. The number of likely N-dealkylation sites (N-methyl/N-ethyl adjacent to an activating group) is 1. The second kappa shape index (κ2) is 7.31. The van der Waals surface area contributed by atoms with Crippen LogP contribution in [0.15, 0.2) is 36.4 Å².